The highest BCUT2D eigenvalue weighted by Crippen LogP contribution is 2.17. The molecule has 0 aliphatic heterocycles. The third-order valence-corrected chi connectivity index (χ3v) is 3.33. The van der Waals surface area contributed by atoms with Crippen LogP contribution in [0.15, 0.2) is 54.6 Å². The van der Waals surface area contributed by atoms with Crippen molar-refractivity contribution < 1.29 is 33.0 Å². The molecule has 1 N–H and O–H groups in total. The van der Waals surface area contributed by atoms with E-state index in [-0.39, 0.29) is 11.5 Å². The van der Waals surface area contributed by atoms with Crippen LogP contribution < -0.4 is 9.47 Å². The van der Waals surface area contributed by atoms with E-state index in [1.165, 1.54) is 49.4 Å². The van der Waals surface area contributed by atoms with E-state index in [0.29, 0.717) is 16.9 Å². The Hall–Kier alpha value is -3.22. The number of hydrogen-bond acceptors (Lipinski definition) is 4. The van der Waals surface area contributed by atoms with Gasteiger partial charge in [0.1, 0.15) is 11.5 Å². The molecule has 1 unspecified atom stereocenters. The normalized spacial score (nSPS) is 12.2. The molecule has 1 atom stereocenters. The molecule has 5 nitrogen and oxygen atoms in total. The number of carboxylic acid groups (broad SMARTS) is 1. The van der Waals surface area contributed by atoms with Gasteiger partial charge in [0.05, 0.1) is 0 Å². The number of hydrogen-bond donors (Lipinski definition) is 1. The van der Waals surface area contributed by atoms with Crippen molar-refractivity contribution in [2.24, 2.45) is 0 Å². The van der Waals surface area contributed by atoms with Crippen molar-refractivity contribution in [3.05, 3.63) is 65.7 Å². The number of rotatable bonds is 8. The number of carboxylic acids is 1. The zero-order valence-electron chi connectivity index (χ0n) is 13.8. The molecule has 136 valence electrons. The molecule has 2 rings (SSSR count). The van der Waals surface area contributed by atoms with Gasteiger partial charge in [-0.3, -0.25) is 4.79 Å². The van der Waals surface area contributed by atoms with Crippen LogP contribution >= 0.6 is 0 Å². The minimum absolute atomic E-state index is 0.0367. The van der Waals surface area contributed by atoms with Gasteiger partial charge in [-0.05, 0) is 55.0 Å². The smallest absolute Gasteiger partial charge is 0.387 e. The number of carbonyl (C=O) groups is 2. The van der Waals surface area contributed by atoms with Crippen molar-refractivity contribution in [1.82, 2.24) is 0 Å². The molecule has 0 aromatic heterocycles. The summed E-state index contributed by atoms with van der Waals surface area (Å²) in [6.45, 7) is -1.48. The van der Waals surface area contributed by atoms with Crippen molar-refractivity contribution in [2.75, 3.05) is 0 Å². The maximum Gasteiger partial charge on any atom is 0.387 e. The molecule has 0 aliphatic carbocycles. The standard InChI is InChI=1S/C19H16F2O5/c1-12(18(23)24)25-15-9-5-14(6-10-15)17(22)11-4-13-2-7-16(8-3-13)26-19(20)21/h2-12,19H,1H3,(H,23,24)/b11-4+. The van der Waals surface area contributed by atoms with E-state index in [0.717, 1.165) is 0 Å². The highest BCUT2D eigenvalue weighted by atomic mass is 19.3. The molecule has 0 spiro atoms. The van der Waals surface area contributed by atoms with Crippen LogP contribution in [-0.2, 0) is 4.79 Å². The number of halogens is 2. The van der Waals surface area contributed by atoms with Gasteiger partial charge >= 0.3 is 12.6 Å². The second-order valence-corrected chi connectivity index (χ2v) is 5.27. The topological polar surface area (TPSA) is 72.8 Å². The largest absolute Gasteiger partial charge is 0.479 e. The van der Waals surface area contributed by atoms with Gasteiger partial charge < -0.3 is 14.6 Å². The molecule has 0 amide bonds. The van der Waals surface area contributed by atoms with Gasteiger partial charge in [0.25, 0.3) is 0 Å². The Morgan fingerprint density at radius 2 is 1.50 bits per heavy atom. The number of ketones is 1. The molecule has 7 heteroatoms. The van der Waals surface area contributed by atoms with Crippen molar-refractivity contribution >= 4 is 17.8 Å². The van der Waals surface area contributed by atoms with E-state index in [4.69, 9.17) is 9.84 Å². The van der Waals surface area contributed by atoms with Crippen molar-refractivity contribution in [2.45, 2.75) is 19.6 Å². The molecule has 0 saturated heterocycles. The Kier molecular flexibility index (Phi) is 6.43. The van der Waals surface area contributed by atoms with Crippen LogP contribution in [0, 0.1) is 0 Å². The van der Waals surface area contributed by atoms with Crippen LogP contribution in [-0.4, -0.2) is 29.6 Å². The number of carbonyl (C=O) groups excluding carboxylic acids is 1. The number of benzene rings is 2. The van der Waals surface area contributed by atoms with E-state index >= 15 is 0 Å². The Morgan fingerprint density at radius 3 is 2.04 bits per heavy atom. The van der Waals surface area contributed by atoms with Crippen LogP contribution in [0.25, 0.3) is 6.08 Å². The highest BCUT2D eigenvalue weighted by molar-refractivity contribution is 6.06. The summed E-state index contributed by atoms with van der Waals surface area (Å²) in [6.07, 6.45) is 1.90. The van der Waals surface area contributed by atoms with Crippen LogP contribution in [0.3, 0.4) is 0 Å². The summed E-state index contributed by atoms with van der Waals surface area (Å²) in [6, 6.07) is 11.9. The van der Waals surface area contributed by atoms with E-state index in [9.17, 15) is 18.4 Å². The number of alkyl halides is 2. The van der Waals surface area contributed by atoms with Gasteiger partial charge in [0, 0.05) is 5.56 Å². The molecule has 0 fully saturated rings. The summed E-state index contributed by atoms with van der Waals surface area (Å²) in [5.74, 6) is -0.974. The minimum Gasteiger partial charge on any atom is -0.479 e. The molecule has 0 bridgehead atoms. The molecule has 0 aliphatic rings. The average molecular weight is 362 g/mol. The first-order chi connectivity index (χ1) is 12.3. The number of aliphatic carboxylic acids is 1. The summed E-state index contributed by atoms with van der Waals surface area (Å²) in [5, 5.41) is 8.79. The highest BCUT2D eigenvalue weighted by Gasteiger charge is 2.12. The predicted octanol–water partition coefficient (Wildman–Crippen LogP) is 4.04. The molecular formula is C19H16F2O5. The summed E-state index contributed by atoms with van der Waals surface area (Å²) < 4.78 is 33.6. The minimum atomic E-state index is -2.89. The second-order valence-electron chi connectivity index (χ2n) is 5.27. The summed E-state index contributed by atoms with van der Waals surface area (Å²) in [4.78, 5) is 22.9. The van der Waals surface area contributed by atoms with E-state index in [1.54, 1.807) is 18.2 Å². The van der Waals surface area contributed by atoms with Gasteiger partial charge in [-0.1, -0.05) is 18.2 Å². The van der Waals surface area contributed by atoms with Gasteiger partial charge in [0.15, 0.2) is 11.9 Å². The quantitative estimate of drug-likeness (QED) is 0.567. The maximum absolute atomic E-state index is 12.1. The molecule has 0 heterocycles. The zero-order chi connectivity index (χ0) is 19.1. The Balaban J connectivity index is 1.98. The lowest BCUT2D eigenvalue weighted by atomic mass is 10.1. The molecule has 0 saturated carbocycles. The Labute approximate surface area is 148 Å². The lowest BCUT2D eigenvalue weighted by Gasteiger charge is -2.10. The molecular weight excluding hydrogens is 346 g/mol. The molecule has 2 aromatic rings. The van der Waals surface area contributed by atoms with Crippen molar-refractivity contribution in [3.63, 3.8) is 0 Å². The van der Waals surface area contributed by atoms with Crippen molar-refractivity contribution in [1.29, 1.82) is 0 Å². The van der Waals surface area contributed by atoms with E-state index in [1.807, 2.05) is 0 Å². The average Bonchev–Trinajstić information content (AvgIpc) is 2.61. The van der Waals surface area contributed by atoms with Gasteiger partial charge in [0.2, 0.25) is 0 Å². The summed E-state index contributed by atoms with van der Waals surface area (Å²) >= 11 is 0. The molecule has 0 radical (unpaired) electrons. The summed E-state index contributed by atoms with van der Waals surface area (Å²) in [7, 11) is 0. The second kappa shape index (κ2) is 8.75. The third kappa shape index (κ3) is 5.70. The monoisotopic (exact) mass is 362 g/mol. The fourth-order valence-electron chi connectivity index (χ4n) is 1.98. The number of allylic oxidation sites excluding steroid dienone is 1. The number of ether oxygens (including phenoxy) is 2. The zero-order valence-corrected chi connectivity index (χ0v) is 13.8. The SMILES string of the molecule is CC(Oc1ccc(C(=O)/C=C/c2ccc(OC(F)F)cc2)cc1)C(=O)O. The van der Waals surface area contributed by atoms with Gasteiger partial charge in [-0.15, -0.1) is 0 Å². The Morgan fingerprint density at radius 1 is 0.962 bits per heavy atom. The van der Waals surface area contributed by atoms with Gasteiger partial charge in [-0.25, -0.2) is 4.79 Å². The van der Waals surface area contributed by atoms with Crippen LogP contribution in [0.1, 0.15) is 22.8 Å². The van der Waals surface area contributed by atoms with Crippen LogP contribution in [0.4, 0.5) is 8.78 Å². The van der Waals surface area contributed by atoms with Crippen LogP contribution in [0.5, 0.6) is 11.5 Å². The third-order valence-electron chi connectivity index (χ3n) is 3.33. The first kappa shape index (κ1) is 19.1. The van der Waals surface area contributed by atoms with Gasteiger partial charge in [-0.2, -0.15) is 8.78 Å². The molecule has 26 heavy (non-hydrogen) atoms. The summed E-state index contributed by atoms with van der Waals surface area (Å²) in [5.41, 5.74) is 1.05. The van der Waals surface area contributed by atoms with Crippen molar-refractivity contribution in [3.8, 4) is 11.5 Å². The lowest BCUT2D eigenvalue weighted by molar-refractivity contribution is -0.144. The first-order valence-corrected chi connectivity index (χ1v) is 7.62. The predicted molar refractivity (Wildman–Crippen MR) is 90.6 cm³/mol. The first-order valence-electron chi connectivity index (χ1n) is 7.62. The molecule has 2 aromatic carbocycles. The van der Waals surface area contributed by atoms with E-state index < -0.39 is 18.7 Å². The Bertz CT molecular complexity index is 783. The lowest BCUT2D eigenvalue weighted by Crippen LogP contribution is -2.22. The van der Waals surface area contributed by atoms with E-state index in [2.05, 4.69) is 4.74 Å². The fraction of sp³-hybridized carbons (Fsp3) is 0.158. The maximum atomic E-state index is 12.1. The fourth-order valence-corrected chi connectivity index (χ4v) is 1.98. The van der Waals surface area contributed by atoms with Crippen LogP contribution in [0.2, 0.25) is 0 Å².